The summed E-state index contributed by atoms with van der Waals surface area (Å²) >= 11 is 0. The molecule has 0 heterocycles. The molecule has 0 rings (SSSR count). The summed E-state index contributed by atoms with van der Waals surface area (Å²) in [5.74, 6) is -1.61. The van der Waals surface area contributed by atoms with Gasteiger partial charge >= 0.3 is 33.6 Å². The number of aliphatic hydroxyl groups excluding tert-OH is 2. The van der Waals surface area contributed by atoms with Crippen molar-refractivity contribution in [2.75, 3.05) is 39.6 Å². The molecule has 4 N–H and O–H groups in total. The van der Waals surface area contributed by atoms with Gasteiger partial charge in [-0.3, -0.25) is 32.5 Å². The van der Waals surface area contributed by atoms with Gasteiger partial charge in [-0.2, -0.15) is 0 Å². The molecule has 99 heavy (non-hydrogen) atoms. The van der Waals surface area contributed by atoms with Gasteiger partial charge in [-0.05, 0) is 141 Å². The van der Waals surface area contributed by atoms with Gasteiger partial charge in [-0.1, -0.05) is 276 Å². The summed E-state index contributed by atoms with van der Waals surface area (Å²) in [7, 11) is -9.80. The summed E-state index contributed by atoms with van der Waals surface area (Å²) in [4.78, 5) is 58.6. The van der Waals surface area contributed by atoms with Crippen LogP contribution in [0.25, 0.3) is 0 Å². The number of hydrogen-bond donors (Lipinski definition) is 4. The zero-order valence-electron chi connectivity index (χ0n) is 61.9. The van der Waals surface area contributed by atoms with Crippen molar-refractivity contribution < 1.29 is 75.8 Å². The number of unbranched alkanes of at least 4 members (excludes halogenated alkanes) is 27. The molecule has 0 saturated heterocycles. The Morgan fingerprint density at radius 2 is 0.535 bits per heavy atom. The molecule has 5 atom stereocenters. The molecule has 0 fully saturated rings. The second-order valence-electron chi connectivity index (χ2n) is 25.4. The number of hydrogen-bond acceptors (Lipinski definition) is 14. The number of carbonyl (C=O) groups excluding carboxylic acids is 3. The summed E-state index contributed by atoms with van der Waals surface area (Å²) in [6.45, 7) is 2.49. The van der Waals surface area contributed by atoms with Crippen LogP contribution in [-0.4, -0.2) is 95.9 Å². The molecule has 568 valence electrons. The molecule has 0 aromatic carbocycles. The van der Waals surface area contributed by atoms with E-state index in [2.05, 4.69) is 154 Å². The number of ether oxygens (including phenoxy) is 3. The van der Waals surface area contributed by atoms with Gasteiger partial charge in [0, 0.05) is 19.3 Å². The van der Waals surface area contributed by atoms with Crippen LogP contribution in [0.3, 0.4) is 0 Å². The van der Waals surface area contributed by atoms with Crippen LogP contribution in [0.2, 0.25) is 0 Å². The Morgan fingerprint density at radius 3 is 0.879 bits per heavy atom. The first-order valence-corrected chi connectivity index (χ1v) is 41.5. The van der Waals surface area contributed by atoms with Gasteiger partial charge in [-0.15, -0.1) is 0 Å². The second kappa shape index (κ2) is 73.4. The monoisotopic (exact) mass is 1430 g/mol. The van der Waals surface area contributed by atoms with Crippen molar-refractivity contribution in [1.82, 2.24) is 0 Å². The van der Waals surface area contributed by atoms with Crippen molar-refractivity contribution >= 4 is 33.6 Å². The summed E-state index contributed by atoms with van der Waals surface area (Å²) in [5, 5.41) is 20.6. The lowest BCUT2D eigenvalue weighted by Gasteiger charge is -2.21. The Morgan fingerprint density at radius 1 is 0.293 bits per heavy atom. The minimum absolute atomic E-state index is 0.0880. The number of allylic oxidation sites excluding steroid dienone is 22. The SMILES string of the molecule is CC/C=C\C/C=C\C/C=C\C/C=C\C/C=C\C/C=C\CCCCCCCCCCC(=O)OCC(O)COP(=O)(O)OCC(O)COP(=O)(O)OCC(COC(=O)CCCCCCC/C=C\C/C=C\C/C=C\C/C=C\CCCCC)OC(=O)CCCCCCC/C=C\CCCCCCCC. The third-order valence-corrected chi connectivity index (χ3v) is 17.7. The normalized spacial score (nSPS) is 14.8. The van der Waals surface area contributed by atoms with Crippen molar-refractivity contribution in [3.63, 3.8) is 0 Å². The molecule has 0 radical (unpaired) electrons. The van der Waals surface area contributed by atoms with Crippen LogP contribution >= 0.6 is 15.6 Å². The van der Waals surface area contributed by atoms with Crippen molar-refractivity contribution in [3.05, 3.63) is 134 Å². The van der Waals surface area contributed by atoms with E-state index in [1.54, 1.807) is 0 Å². The van der Waals surface area contributed by atoms with E-state index in [-0.39, 0.29) is 19.3 Å². The predicted molar refractivity (Wildman–Crippen MR) is 408 cm³/mol. The van der Waals surface area contributed by atoms with E-state index in [0.29, 0.717) is 19.3 Å². The van der Waals surface area contributed by atoms with E-state index in [9.17, 15) is 43.5 Å². The number of esters is 3. The standard InChI is InChI=1S/C81H138O16P2/c1-4-7-10-13-16-19-22-25-28-30-32-34-35-36-37-38-39-41-43-44-47-49-52-55-58-61-64-67-79(84)91-70-76(82)71-93-98(87,88)94-72-77(83)73-95-99(89,90)96-75-78(97-81(86)69-66-63-60-57-54-51-46-27-24-21-18-15-12-9-6-3)74-92-80(85)68-65-62-59-56-53-50-48-45-42-40-33-31-29-26-23-20-17-14-11-8-5-2/h7,10,16-17,19-20,25-29,32-34,36-37,39-41,45-46,48,76-78,82-83H,4-6,8-9,11-15,18,21-24,30-31,35,38,42-44,47,49-75H2,1-3H3,(H,87,88)(H,89,90)/b10-7-,19-16-,20-17-,28-25-,29-26-,34-32-,37-36-,40-33-,41-39-,46-27-,48-45-. The van der Waals surface area contributed by atoms with Crippen LogP contribution in [-0.2, 0) is 55.8 Å². The molecule has 0 spiro atoms. The maximum atomic E-state index is 13.0. The van der Waals surface area contributed by atoms with Crippen LogP contribution in [0.15, 0.2) is 134 Å². The molecule has 0 aromatic heterocycles. The molecule has 0 amide bonds. The third kappa shape index (κ3) is 74.7. The lowest BCUT2D eigenvalue weighted by atomic mass is 10.1. The molecule has 0 aromatic rings. The van der Waals surface area contributed by atoms with Crippen molar-refractivity contribution in [2.45, 2.75) is 322 Å². The fourth-order valence-corrected chi connectivity index (χ4v) is 11.5. The zero-order valence-corrected chi connectivity index (χ0v) is 63.7. The highest BCUT2D eigenvalue weighted by atomic mass is 31.2. The fourth-order valence-electron chi connectivity index (χ4n) is 9.96. The molecule has 0 aliphatic carbocycles. The minimum Gasteiger partial charge on any atom is -0.463 e. The molecule has 0 aliphatic rings. The Bertz CT molecular complexity index is 2330. The second-order valence-corrected chi connectivity index (χ2v) is 28.3. The van der Waals surface area contributed by atoms with Gasteiger partial charge in [0.15, 0.2) is 6.10 Å². The molecule has 0 aliphatic heterocycles. The van der Waals surface area contributed by atoms with Crippen molar-refractivity contribution in [3.8, 4) is 0 Å². The molecule has 0 bridgehead atoms. The first-order chi connectivity index (χ1) is 48.2. The fraction of sp³-hybridized carbons (Fsp3) is 0.691. The van der Waals surface area contributed by atoms with Gasteiger partial charge in [0.1, 0.15) is 25.4 Å². The summed E-state index contributed by atoms with van der Waals surface area (Å²) in [5.41, 5.74) is 0. The van der Waals surface area contributed by atoms with Crippen LogP contribution in [0, 0.1) is 0 Å². The molecule has 5 unspecified atom stereocenters. The van der Waals surface area contributed by atoms with Gasteiger partial charge in [0.05, 0.1) is 26.4 Å². The largest absolute Gasteiger partial charge is 0.472 e. The van der Waals surface area contributed by atoms with Crippen molar-refractivity contribution in [1.29, 1.82) is 0 Å². The first kappa shape index (κ1) is 94.7. The minimum atomic E-state index is -4.94. The van der Waals surface area contributed by atoms with Gasteiger partial charge < -0.3 is 34.2 Å². The number of rotatable bonds is 72. The lowest BCUT2D eigenvalue weighted by Crippen LogP contribution is -2.30. The van der Waals surface area contributed by atoms with Gasteiger partial charge in [0.25, 0.3) is 0 Å². The molecular weight excluding hydrogens is 1290 g/mol. The Kier molecular flexibility index (Phi) is 70.2. The van der Waals surface area contributed by atoms with E-state index in [4.69, 9.17) is 32.3 Å². The lowest BCUT2D eigenvalue weighted by molar-refractivity contribution is -0.161. The molecule has 18 heteroatoms. The Hall–Kier alpha value is -4.31. The average molecular weight is 1430 g/mol. The van der Waals surface area contributed by atoms with Crippen LogP contribution in [0.1, 0.15) is 303 Å². The van der Waals surface area contributed by atoms with Crippen LogP contribution in [0.4, 0.5) is 0 Å². The van der Waals surface area contributed by atoms with Crippen LogP contribution in [0.5, 0.6) is 0 Å². The van der Waals surface area contributed by atoms with E-state index in [1.165, 1.54) is 83.5 Å². The zero-order chi connectivity index (χ0) is 72.3. The van der Waals surface area contributed by atoms with Crippen LogP contribution < -0.4 is 0 Å². The summed E-state index contributed by atoms with van der Waals surface area (Å²) < 4.78 is 61.1. The average Bonchev–Trinajstić information content (AvgIpc) is 1.44. The number of phosphoric ester groups is 2. The van der Waals surface area contributed by atoms with E-state index >= 15 is 0 Å². The van der Waals surface area contributed by atoms with E-state index < -0.39 is 91.5 Å². The third-order valence-electron chi connectivity index (χ3n) is 15.8. The molecular formula is C81H138O16P2. The number of aliphatic hydroxyl groups is 2. The van der Waals surface area contributed by atoms with Gasteiger partial charge in [-0.25, -0.2) is 9.13 Å². The smallest absolute Gasteiger partial charge is 0.463 e. The summed E-state index contributed by atoms with van der Waals surface area (Å²) in [6, 6.07) is 0. The van der Waals surface area contributed by atoms with E-state index in [0.717, 1.165) is 161 Å². The highest BCUT2D eigenvalue weighted by molar-refractivity contribution is 7.47. The first-order valence-electron chi connectivity index (χ1n) is 38.5. The maximum absolute atomic E-state index is 13.0. The molecule has 16 nitrogen and oxygen atoms in total. The topological polar surface area (TPSA) is 231 Å². The highest BCUT2D eigenvalue weighted by Crippen LogP contribution is 2.45. The Labute approximate surface area is 601 Å². The number of phosphoric acid groups is 2. The Balaban J connectivity index is 4.61. The van der Waals surface area contributed by atoms with E-state index in [1.807, 2.05) is 0 Å². The summed E-state index contributed by atoms with van der Waals surface area (Å²) in [6.07, 6.45) is 87.7. The number of carbonyl (C=O) groups is 3. The molecule has 0 saturated carbocycles. The highest BCUT2D eigenvalue weighted by Gasteiger charge is 2.29. The quantitative estimate of drug-likeness (QED) is 0.0146. The van der Waals surface area contributed by atoms with Crippen molar-refractivity contribution in [2.24, 2.45) is 0 Å². The van der Waals surface area contributed by atoms with Gasteiger partial charge in [0.2, 0.25) is 0 Å². The predicted octanol–water partition coefficient (Wildman–Crippen LogP) is 22.3. The maximum Gasteiger partial charge on any atom is 0.472 e.